The zero-order valence-electron chi connectivity index (χ0n) is 16.3. The lowest BCUT2D eigenvalue weighted by molar-refractivity contribution is 0.174. The van der Waals surface area contributed by atoms with Crippen LogP contribution in [0.4, 0.5) is 0 Å². The van der Waals surface area contributed by atoms with Crippen molar-refractivity contribution in [2.24, 2.45) is 17.1 Å². The number of hydrogen-bond donors (Lipinski definition) is 1. The van der Waals surface area contributed by atoms with E-state index in [4.69, 9.17) is 5.73 Å². The normalized spacial score (nSPS) is 24.0. The van der Waals surface area contributed by atoms with E-state index in [0.29, 0.717) is 18.2 Å². The second kappa shape index (κ2) is 7.72. The average molecular weight is 390 g/mol. The maximum absolute atomic E-state index is 10.1. The number of benzene rings is 1. The highest BCUT2D eigenvalue weighted by molar-refractivity contribution is 7.98. The molecule has 1 heterocycles. The molecule has 2 N–H and O–H groups in total. The Kier molecular flexibility index (Phi) is 5.52. The van der Waals surface area contributed by atoms with Gasteiger partial charge in [0.2, 0.25) is 0 Å². The standard InChI is InChI=1S/C22H23N5S/c1-14(2)27-9-8-17-18(10-23)21(26)22(12-24,13-25)20(19(17)11-27)15-4-6-16(28-3)7-5-15/h4-8,14,19-20H,9,11,26H2,1-3H3/t19-,20-/m0/s1. The van der Waals surface area contributed by atoms with Gasteiger partial charge < -0.3 is 5.73 Å². The molecule has 0 aromatic heterocycles. The molecule has 1 aliphatic carbocycles. The van der Waals surface area contributed by atoms with Gasteiger partial charge in [0.25, 0.3) is 0 Å². The summed E-state index contributed by atoms with van der Waals surface area (Å²) < 4.78 is 0. The number of rotatable bonds is 3. The van der Waals surface area contributed by atoms with Crippen LogP contribution in [0.1, 0.15) is 25.3 Å². The van der Waals surface area contributed by atoms with Gasteiger partial charge in [-0.15, -0.1) is 11.8 Å². The monoisotopic (exact) mass is 389 g/mol. The molecule has 142 valence electrons. The SMILES string of the molecule is CSc1ccc([C@H]2[C@H]3CN(C(C)C)CC=C3C(C#N)=C(N)C2(C#N)C#N)cc1. The Morgan fingerprint density at radius 3 is 2.32 bits per heavy atom. The second-order valence-corrected chi connectivity index (χ2v) is 8.38. The summed E-state index contributed by atoms with van der Waals surface area (Å²) in [6.45, 7) is 5.66. The van der Waals surface area contributed by atoms with E-state index in [-0.39, 0.29) is 11.6 Å². The molecule has 1 aliphatic heterocycles. The molecule has 0 amide bonds. The molecular weight excluding hydrogens is 366 g/mol. The number of nitriles is 3. The Bertz CT molecular complexity index is 939. The van der Waals surface area contributed by atoms with Crippen LogP contribution in [0, 0.1) is 45.3 Å². The van der Waals surface area contributed by atoms with Crippen molar-refractivity contribution in [2.45, 2.75) is 30.7 Å². The van der Waals surface area contributed by atoms with Crippen LogP contribution in [0.3, 0.4) is 0 Å². The van der Waals surface area contributed by atoms with Crippen LogP contribution in [0.5, 0.6) is 0 Å². The maximum Gasteiger partial charge on any atom is 0.191 e. The zero-order valence-corrected chi connectivity index (χ0v) is 17.1. The maximum atomic E-state index is 10.1. The van der Waals surface area contributed by atoms with Gasteiger partial charge in [0.15, 0.2) is 5.41 Å². The van der Waals surface area contributed by atoms with Crippen LogP contribution >= 0.6 is 11.8 Å². The van der Waals surface area contributed by atoms with Crippen molar-refractivity contribution in [3.8, 4) is 18.2 Å². The zero-order chi connectivity index (χ0) is 20.5. The minimum absolute atomic E-state index is 0.0828. The van der Waals surface area contributed by atoms with Crippen molar-refractivity contribution < 1.29 is 0 Å². The lowest BCUT2D eigenvalue weighted by Gasteiger charge is -2.46. The van der Waals surface area contributed by atoms with Crippen molar-refractivity contribution in [3.63, 3.8) is 0 Å². The second-order valence-electron chi connectivity index (χ2n) is 7.50. The average Bonchev–Trinajstić information content (AvgIpc) is 2.72. The Hall–Kier alpha value is -2.72. The van der Waals surface area contributed by atoms with Gasteiger partial charge in [-0.3, -0.25) is 4.90 Å². The molecule has 28 heavy (non-hydrogen) atoms. The van der Waals surface area contributed by atoms with Crippen LogP contribution < -0.4 is 5.73 Å². The number of allylic oxidation sites excluding steroid dienone is 2. The molecule has 3 rings (SSSR count). The highest BCUT2D eigenvalue weighted by atomic mass is 32.2. The van der Waals surface area contributed by atoms with E-state index in [0.717, 1.165) is 22.6 Å². The van der Waals surface area contributed by atoms with Crippen molar-refractivity contribution in [3.05, 3.63) is 52.7 Å². The highest BCUT2D eigenvalue weighted by Gasteiger charge is 2.54. The summed E-state index contributed by atoms with van der Waals surface area (Å²) in [7, 11) is 0. The third-order valence-corrected chi connectivity index (χ3v) is 6.64. The third kappa shape index (κ3) is 2.98. The molecule has 0 radical (unpaired) electrons. The Labute approximate surface area is 170 Å². The van der Waals surface area contributed by atoms with Crippen molar-refractivity contribution in [1.82, 2.24) is 4.90 Å². The number of nitrogens with zero attached hydrogens (tertiary/aromatic N) is 4. The molecule has 2 atom stereocenters. The molecule has 1 aromatic rings. The largest absolute Gasteiger partial charge is 0.399 e. The molecule has 6 heteroatoms. The summed E-state index contributed by atoms with van der Waals surface area (Å²) in [5, 5.41) is 29.9. The quantitative estimate of drug-likeness (QED) is 0.794. The van der Waals surface area contributed by atoms with Crippen LogP contribution in [0.25, 0.3) is 0 Å². The first-order valence-corrected chi connectivity index (χ1v) is 10.5. The lowest BCUT2D eigenvalue weighted by Crippen LogP contribution is -2.49. The Morgan fingerprint density at radius 1 is 1.18 bits per heavy atom. The van der Waals surface area contributed by atoms with Crippen LogP contribution in [-0.2, 0) is 0 Å². The molecule has 0 saturated heterocycles. The molecular formula is C22H23N5S. The molecule has 0 spiro atoms. The summed E-state index contributed by atoms with van der Waals surface area (Å²) >= 11 is 1.64. The van der Waals surface area contributed by atoms with E-state index < -0.39 is 11.3 Å². The fraction of sp³-hybridized carbons (Fsp3) is 0.409. The van der Waals surface area contributed by atoms with Gasteiger partial charge in [0, 0.05) is 35.9 Å². The minimum Gasteiger partial charge on any atom is -0.399 e. The van der Waals surface area contributed by atoms with E-state index in [2.05, 4.69) is 37.0 Å². The fourth-order valence-electron chi connectivity index (χ4n) is 4.31. The summed E-state index contributed by atoms with van der Waals surface area (Å²) in [4.78, 5) is 3.41. The first-order valence-electron chi connectivity index (χ1n) is 9.24. The predicted molar refractivity (Wildman–Crippen MR) is 110 cm³/mol. The van der Waals surface area contributed by atoms with E-state index in [9.17, 15) is 15.8 Å². The Balaban J connectivity index is 2.26. The molecule has 2 aliphatic rings. The molecule has 1 aromatic carbocycles. The molecule has 5 nitrogen and oxygen atoms in total. The van der Waals surface area contributed by atoms with E-state index >= 15 is 0 Å². The summed E-state index contributed by atoms with van der Waals surface area (Å²) in [6, 6.07) is 14.9. The summed E-state index contributed by atoms with van der Waals surface area (Å²) in [5.41, 5.74) is 6.93. The number of nitrogens with two attached hydrogens (primary N) is 1. The Morgan fingerprint density at radius 2 is 1.82 bits per heavy atom. The van der Waals surface area contributed by atoms with Gasteiger partial charge in [-0.2, -0.15) is 15.8 Å². The van der Waals surface area contributed by atoms with E-state index in [1.165, 1.54) is 0 Å². The van der Waals surface area contributed by atoms with Gasteiger partial charge in [-0.05, 0) is 43.4 Å². The highest BCUT2D eigenvalue weighted by Crippen LogP contribution is 2.54. The molecule has 0 bridgehead atoms. The van der Waals surface area contributed by atoms with Gasteiger partial charge >= 0.3 is 0 Å². The molecule has 0 saturated carbocycles. The van der Waals surface area contributed by atoms with Crippen molar-refractivity contribution in [2.75, 3.05) is 19.3 Å². The summed E-state index contributed by atoms with van der Waals surface area (Å²) in [5.74, 6) is -0.569. The first-order chi connectivity index (χ1) is 13.4. The lowest BCUT2D eigenvalue weighted by atomic mass is 9.58. The summed E-state index contributed by atoms with van der Waals surface area (Å²) in [6.07, 6.45) is 4.05. The third-order valence-electron chi connectivity index (χ3n) is 5.90. The van der Waals surface area contributed by atoms with Crippen molar-refractivity contribution in [1.29, 1.82) is 15.8 Å². The van der Waals surface area contributed by atoms with Crippen LogP contribution in [0.15, 0.2) is 52.1 Å². The van der Waals surface area contributed by atoms with Gasteiger partial charge in [-0.1, -0.05) is 18.2 Å². The van der Waals surface area contributed by atoms with Crippen LogP contribution in [-0.4, -0.2) is 30.3 Å². The topological polar surface area (TPSA) is 101 Å². The van der Waals surface area contributed by atoms with Crippen molar-refractivity contribution >= 4 is 11.8 Å². The smallest absolute Gasteiger partial charge is 0.191 e. The number of hydrogen-bond acceptors (Lipinski definition) is 6. The van der Waals surface area contributed by atoms with E-state index in [1.807, 2.05) is 36.6 Å². The number of fused-ring (bicyclic) bond motifs is 1. The van der Waals surface area contributed by atoms with Gasteiger partial charge in [0.05, 0.1) is 23.4 Å². The van der Waals surface area contributed by atoms with Gasteiger partial charge in [0.1, 0.15) is 6.07 Å². The first kappa shape index (κ1) is 20.0. The predicted octanol–water partition coefficient (Wildman–Crippen LogP) is 3.54. The molecule has 0 unspecified atom stereocenters. The molecule has 0 fully saturated rings. The van der Waals surface area contributed by atoms with E-state index in [1.54, 1.807) is 11.8 Å². The van der Waals surface area contributed by atoms with Crippen LogP contribution in [0.2, 0.25) is 0 Å². The fourth-order valence-corrected chi connectivity index (χ4v) is 4.72. The number of thioether (sulfide) groups is 1. The van der Waals surface area contributed by atoms with Gasteiger partial charge in [-0.25, -0.2) is 0 Å². The minimum atomic E-state index is -1.56.